The van der Waals surface area contributed by atoms with Crippen molar-refractivity contribution < 1.29 is 4.74 Å². The van der Waals surface area contributed by atoms with Crippen molar-refractivity contribution >= 4 is 5.70 Å². The van der Waals surface area contributed by atoms with E-state index >= 15 is 0 Å². The highest BCUT2D eigenvalue weighted by Gasteiger charge is 2.43. The van der Waals surface area contributed by atoms with Gasteiger partial charge in [0.25, 0.3) is 0 Å². The Hall–Kier alpha value is -2.68. The highest BCUT2D eigenvalue weighted by Crippen LogP contribution is 2.47. The molecule has 2 fully saturated rings. The highest BCUT2D eigenvalue weighted by atomic mass is 16.5. The zero-order chi connectivity index (χ0) is 25.2. The fraction of sp³-hybridized carbons (Fsp3) is 0.500. The predicted octanol–water partition coefficient (Wildman–Crippen LogP) is 7.49. The van der Waals surface area contributed by atoms with E-state index in [2.05, 4.69) is 106 Å². The van der Waals surface area contributed by atoms with Gasteiger partial charge in [0.15, 0.2) is 0 Å². The number of allylic oxidation sites excluding steroid dienone is 1. The summed E-state index contributed by atoms with van der Waals surface area (Å²) in [4.78, 5) is 5.10. The van der Waals surface area contributed by atoms with Crippen LogP contribution in [-0.2, 0) is 0 Å². The molecule has 0 aromatic heterocycles. The lowest BCUT2D eigenvalue weighted by atomic mass is 9.67. The first-order chi connectivity index (χ1) is 16.7. The van der Waals surface area contributed by atoms with Crippen LogP contribution in [0.4, 0.5) is 0 Å². The second-order valence-corrected chi connectivity index (χ2v) is 11.4. The molecule has 2 aromatic carbocycles. The zero-order valence-electron chi connectivity index (χ0n) is 22.5. The smallest absolute Gasteiger partial charge is 0.122 e. The van der Waals surface area contributed by atoms with Crippen LogP contribution in [0.15, 0.2) is 67.4 Å². The van der Waals surface area contributed by atoms with Crippen LogP contribution >= 0.6 is 0 Å². The lowest BCUT2D eigenvalue weighted by Crippen LogP contribution is -2.51. The summed E-state index contributed by atoms with van der Waals surface area (Å²) < 4.78 is 5.94. The normalized spacial score (nSPS) is 19.9. The van der Waals surface area contributed by atoms with Gasteiger partial charge in [0.2, 0.25) is 0 Å². The fourth-order valence-electron chi connectivity index (χ4n) is 5.93. The van der Waals surface area contributed by atoms with Crippen molar-refractivity contribution in [3.63, 3.8) is 0 Å². The molecule has 1 spiro atoms. The Morgan fingerprint density at radius 2 is 1.66 bits per heavy atom. The first kappa shape index (κ1) is 25.4. The Labute approximate surface area is 213 Å². The Kier molecular flexibility index (Phi) is 7.64. The van der Waals surface area contributed by atoms with Crippen LogP contribution in [0.3, 0.4) is 0 Å². The highest BCUT2D eigenvalue weighted by molar-refractivity contribution is 5.64. The monoisotopic (exact) mass is 472 g/mol. The molecular formula is C32H44N2O. The third-order valence-corrected chi connectivity index (χ3v) is 8.07. The summed E-state index contributed by atoms with van der Waals surface area (Å²) >= 11 is 0. The Morgan fingerprint density at radius 3 is 2.26 bits per heavy atom. The average molecular weight is 473 g/mol. The lowest BCUT2D eigenvalue weighted by Gasteiger charge is -2.52. The summed E-state index contributed by atoms with van der Waals surface area (Å²) in [5.41, 5.74) is 6.60. The van der Waals surface area contributed by atoms with Crippen molar-refractivity contribution in [1.29, 1.82) is 0 Å². The number of hydrogen-bond donors (Lipinski definition) is 0. The van der Waals surface area contributed by atoms with Gasteiger partial charge in [0.1, 0.15) is 5.75 Å². The van der Waals surface area contributed by atoms with E-state index in [1.165, 1.54) is 41.6 Å². The zero-order valence-corrected chi connectivity index (χ0v) is 22.5. The fourth-order valence-corrected chi connectivity index (χ4v) is 5.93. The van der Waals surface area contributed by atoms with Crippen LogP contribution in [0.2, 0.25) is 0 Å². The van der Waals surface area contributed by atoms with Gasteiger partial charge in [-0.05, 0) is 86.3 Å². The van der Waals surface area contributed by atoms with Crippen LogP contribution in [-0.4, -0.2) is 42.1 Å². The molecule has 0 amide bonds. The average Bonchev–Trinajstić information content (AvgIpc) is 2.85. The maximum Gasteiger partial charge on any atom is 0.122 e. The summed E-state index contributed by atoms with van der Waals surface area (Å²) in [5, 5.41) is 0. The Bertz CT molecular complexity index is 1030. The molecule has 1 atom stereocenters. The van der Waals surface area contributed by atoms with Crippen LogP contribution in [0.25, 0.3) is 5.70 Å². The molecular weight excluding hydrogens is 428 g/mol. The summed E-state index contributed by atoms with van der Waals surface area (Å²) in [5.74, 6) is 2.01. The number of nitrogens with zero attached hydrogens (tertiary/aromatic N) is 2. The third kappa shape index (κ3) is 5.77. The molecule has 2 saturated heterocycles. The van der Waals surface area contributed by atoms with Crippen molar-refractivity contribution in [3.05, 3.63) is 84.1 Å². The van der Waals surface area contributed by atoms with Crippen LogP contribution in [0.5, 0.6) is 5.75 Å². The molecule has 3 nitrogen and oxygen atoms in total. The van der Waals surface area contributed by atoms with Gasteiger partial charge in [-0.3, -0.25) is 0 Å². The van der Waals surface area contributed by atoms with Gasteiger partial charge in [0, 0.05) is 43.5 Å². The standard InChI is InChI=1S/C32H44N2O/c1-23(2)26(6)34-21-30(28-11-9-8-10-12-28)20-32(22-34)15-17-33(18-16-32)27(7)29-13-14-31(25(5)19-29)35-24(3)4/h8-14,19,23-24,30H,6-7,15-18,20-22H2,1-5H3. The van der Waals surface area contributed by atoms with Crippen LogP contribution in [0, 0.1) is 18.3 Å². The predicted molar refractivity (Wildman–Crippen MR) is 149 cm³/mol. The molecule has 3 heteroatoms. The molecule has 2 aliphatic heterocycles. The maximum atomic E-state index is 5.94. The second kappa shape index (κ2) is 10.5. The van der Waals surface area contributed by atoms with Crippen molar-refractivity contribution in [1.82, 2.24) is 9.80 Å². The number of aryl methyl sites for hydroxylation is 1. The van der Waals surface area contributed by atoms with E-state index in [1.54, 1.807) is 0 Å². The molecule has 35 heavy (non-hydrogen) atoms. The van der Waals surface area contributed by atoms with Crippen LogP contribution in [0.1, 0.15) is 69.6 Å². The minimum atomic E-state index is 0.183. The molecule has 0 radical (unpaired) electrons. The van der Waals surface area contributed by atoms with Gasteiger partial charge in [-0.15, -0.1) is 0 Å². The molecule has 0 N–H and O–H groups in total. The lowest BCUT2D eigenvalue weighted by molar-refractivity contribution is 0.0389. The van der Waals surface area contributed by atoms with Gasteiger partial charge in [0.05, 0.1) is 6.10 Å². The van der Waals surface area contributed by atoms with Gasteiger partial charge in [-0.25, -0.2) is 0 Å². The van der Waals surface area contributed by atoms with E-state index in [0.717, 1.165) is 37.6 Å². The van der Waals surface area contributed by atoms with Crippen LogP contribution < -0.4 is 4.74 Å². The van der Waals surface area contributed by atoms with E-state index in [4.69, 9.17) is 4.74 Å². The Balaban J connectivity index is 1.48. The summed E-state index contributed by atoms with van der Waals surface area (Å²) in [6.45, 7) is 24.1. The largest absolute Gasteiger partial charge is 0.491 e. The van der Waals surface area contributed by atoms with Crippen molar-refractivity contribution in [2.45, 2.75) is 65.9 Å². The van der Waals surface area contributed by atoms with Gasteiger partial charge in [-0.1, -0.05) is 57.3 Å². The topological polar surface area (TPSA) is 15.7 Å². The van der Waals surface area contributed by atoms with E-state index < -0.39 is 0 Å². The minimum Gasteiger partial charge on any atom is -0.491 e. The van der Waals surface area contributed by atoms with Crippen molar-refractivity contribution in [2.75, 3.05) is 26.2 Å². The van der Waals surface area contributed by atoms with E-state index in [0.29, 0.717) is 17.3 Å². The van der Waals surface area contributed by atoms with Crippen molar-refractivity contribution in [2.24, 2.45) is 11.3 Å². The number of rotatable bonds is 7. The quantitative estimate of drug-likeness (QED) is 0.415. The first-order valence-corrected chi connectivity index (χ1v) is 13.4. The summed E-state index contributed by atoms with van der Waals surface area (Å²) in [7, 11) is 0. The summed E-state index contributed by atoms with van der Waals surface area (Å²) in [6.07, 6.45) is 3.84. The molecule has 0 aliphatic carbocycles. The minimum absolute atomic E-state index is 0.183. The molecule has 0 bridgehead atoms. The Morgan fingerprint density at radius 1 is 0.971 bits per heavy atom. The summed E-state index contributed by atoms with van der Waals surface area (Å²) in [6, 6.07) is 17.6. The molecule has 0 saturated carbocycles. The molecule has 2 aliphatic rings. The maximum absolute atomic E-state index is 5.94. The number of likely N-dealkylation sites (tertiary alicyclic amines) is 2. The number of benzene rings is 2. The van der Waals surface area contributed by atoms with Gasteiger partial charge in [-0.2, -0.15) is 0 Å². The SMILES string of the molecule is C=C(c1ccc(OC(C)C)c(C)c1)N1CCC2(CC1)CC(c1ccccc1)CN(C(=C)C(C)C)C2. The number of ether oxygens (including phenoxy) is 1. The van der Waals surface area contributed by atoms with E-state index in [1.807, 2.05) is 0 Å². The molecule has 2 aromatic rings. The number of hydrogen-bond acceptors (Lipinski definition) is 3. The molecule has 1 unspecified atom stereocenters. The van der Waals surface area contributed by atoms with Crippen molar-refractivity contribution in [3.8, 4) is 5.75 Å². The van der Waals surface area contributed by atoms with Gasteiger partial charge < -0.3 is 14.5 Å². The van der Waals surface area contributed by atoms with Gasteiger partial charge >= 0.3 is 0 Å². The molecule has 188 valence electrons. The molecule has 4 rings (SSSR count). The first-order valence-electron chi connectivity index (χ1n) is 13.4. The molecule has 2 heterocycles. The third-order valence-electron chi connectivity index (χ3n) is 8.07. The second-order valence-electron chi connectivity index (χ2n) is 11.4. The number of piperidine rings is 2. The van der Waals surface area contributed by atoms with E-state index in [-0.39, 0.29) is 6.10 Å². The van der Waals surface area contributed by atoms with E-state index in [9.17, 15) is 0 Å².